The Morgan fingerprint density at radius 1 is 1.12 bits per heavy atom. The standard InChI is InChI=1S/C19H25ClN4O/c1-14-18(15(2)22(3)21-14)19(25)24-10-4-9-23(11-12-24)13-16-5-7-17(20)8-6-16/h5-8H,4,9-13H2,1-3H3. The molecule has 0 unspecified atom stereocenters. The van der Waals surface area contributed by atoms with Gasteiger partial charge in [0.2, 0.25) is 0 Å². The highest BCUT2D eigenvalue weighted by Crippen LogP contribution is 2.17. The molecule has 1 aromatic heterocycles. The van der Waals surface area contributed by atoms with Crippen molar-refractivity contribution in [2.75, 3.05) is 26.2 Å². The summed E-state index contributed by atoms with van der Waals surface area (Å²) in [5.74, 6) is 0.108. The molecule has 0 radical (unpaired) electrons. The molecular formula is C19H25ClN4O. The molecule has 3 rings (SSSR count). The summed E-state index contributed by atoms with van der Waals surface area (Å²) in [6.07, 6.45) is 0.984. The van der Waals surface area contributed by atoms with Gasteiger partial charge in [0.05, 0.1) is 11.3 Å². The minimum atomic E-state index is 0.108. The lowest BCUT2D eigenvalue weighted by atomic mass is 10.1. The largest absolute Gasteiger partial charge is 0.337 e. The van der Waals surface area contributed by atoms with Gasteiger partial charge in [-0.15, -0.1) is 0 Å². The van der Waals surface area contributed by atoms with Gasteiger partial charge in [0.15, 0.2) is 0 Å². The number of aryl methyl sites for hydroxylation is 2. The Kier molecular flexibility index (Phi) is 5.45. The van der Waals surface area contributed by atoms with Crippen LogP contribution in [-0.4, -0.2) is 51.7 Å². The SMILES string of the molecule is Cc1nn(C)c(C)c1C(=O)N1CCCN(Cc2ccc(Cl)cc2)CC1. The van der Waals surface area contributed by atoms with E-state index in [9.17, 15) is 4.79 Å². The summed E-state index contributed by atoms with van der Waals surface area (Å²) >= 11 is 5.96. The first kappa shape index (κ1) is 18.0. The van der Waals surface area contributed by atoms with E-state index in [-0.39, 0.29) is 5.91 Å². The van der Waals surface area contributed by atoms with Gasteiger partial charge >= 0.3 is 0 Å². The predicted molar refractivity (Wildman–Crippen MR) is 99.9 cm³/mol. The van der Waals surface area contributed by atoms with Crippen molar-refractivity contribution < 1.29 is 4.79 Å². The van der Waals surface area contributed by atoms with Gasteiger partial charge in [-0.2, -0.15) is 5.10 Å². The van der Waals surface area contributed by atoms with Gasteiger partial charge in [-0.05, 0) is 38.0 Å². The van der Waals surface area contributed by atoms with E-state index in [1.54, 1.807) is 4.68 Å². The first-order valence-corrected chi connectivity index (χ1v) is 9.10. The van der Waals surface area contributed by atoms with Crippen LogP contribution in [0.3, 0.4) is 0 Å². The van der Waals surface area contributed by atoms with Crippen LogP contribution in [0.2, 0.25) is 5.02 Å². The quantitative estimate of drug-likeness (QED) is 0.844. The summed E-state index contributed by atoms with van der Waals surface area (Å²) in [6.45, 7) is 8.18. The number of rotatable bonds is 3. The summed E-state index contributed by atoms with van der Waals surface area (Å²) in [5.41, 5.74) is 3.76. The average molecular weight is 361 g/mol. The van der Waals surface area contributed by atoms with Crippen molar-refractivity contribution in [2.45, 2.75) is 26.8 Å². The normalized spacial score (nSPS) is 16.1. The van der Waals surface area contributed by atoms with E-state index in [0.717, 1.165) is 61.1 Å². The summed E-state index contributed by atoms with van der Waals surface area (Å²) in [7, 11) is 1.88. The summed E-state index contributed by atoms with van der Waals surface area (Å²) in [6, 6.07) is 7.99. The van der Waals surface area contributed by atoms with Crippen molar-refractivity contribution in [1.29, 1.82) is 0 Å². The molecule has 0 N–H and O–H groups in total. The van der Waals surface area contributed by atoms with Crippen molar-refractivity contribution in [1.82, 2.24) is 19.6 Å². The number of amides is 1. The van der Waals surface area contributed by atoms with Crippen LogP contribution in [-0.2, 0) is 13.6 Å². The van der Waals surface area contributed by atoms with Crippen molar-refractivity contribution in [3.05, 3.63) is 51.8 Å². The number of hydrogen-bond donors (Lipinski definition) is 0. The number of hydrogen-bond acceptors (Lipinski definition) is 3. The minimum Gasteiger partial charge on any atom is -0.337 e. The average Bonchev–Trinajstić information content (AvgIpc) is 2.76. The lowest BCUT2D eigenvalue weighted by Gasteiger charge is -2.22. The zero-order chi connectivity index (χ0) is 18.0. The summed E-state index contributed by atoms with van der Waals surface area (Å²) in [4.78, 5) is 17.3. The molecule has 134 valence electrons. The van der Waals surface area contributed by atoms with Gasteiger partial charge in [0.1, 0.15) is 0 Å². The third-order valence-corrected chi connectivity index (χ3v) is 5.17. The highest BCUT2D eigenvalue weighted by Gasteiger charge is 2.25. The lowest BCUT2D eigenvalue weighted by Crippen LogP contribution is -2.35. The fourth-order valence-corrected chi connectivity index (χ4v) is 3.55. The lowest BCUT2D eigenvalue weighted by molar-refractivity contribution is 0.0759. The number of carbonyl (C=O) groups is 1. The van der Waals surface area contributed by atoms with Crippen LogP contribution >= 0.6 is 11.6 Å². The van der Waals surface area contributed by atoms with Gasteiger partial charge in [-0.1, -0.05) is 23.7 Å². The Hall–Kier alpha value is -1.85. The van der Waals surface area contributed by atoms with E-state index >= 15 is 0 Å². The molecule has 1 fully saturated rings. The van der Waals surface area contributed by atoms with Crippen LogP contribution < -0.4 is 0 Å². The minimum absolute atomic E-state index is 0.108. The first-order valence-electron chi connectivity index (χ1n) is 8.72. The van der Waals surface area contributed by atoms with Gasteiger partial charge in [0.25, 0.3) is 5.91 Å². The Morgan fingerprint density at radius 3 is 2.48 bits per heavy atom. The van der Waals surface area contributed by atoms with E-state index in [0.29, 0.717) is 0 Å². The van der Waals surface area contributed by atoms with Crippen molar-refractivity contribution >= 4 is 17.5 Å². The fourth-order valence-electron chi connectivity index (χ4n) is 3.42. The second kappa shape index (κ2) is 7.58. The molecule has 2 heterocycles. The highest BCUT2D eigenvalue weighted by molar-refractivity contribution is 6.30. The van der Waals surface area contributed by atoms with Crippen molar-refractivity contribution in [3.8, 4) is 0 Å². The molecule has 1 aromatic carbocycles. The Balaban J connectivity index is 1.65. The van der Waals surface area contributed by atoms with Crippen LogP contribution in [0.5, 0.6) is 0 Å². The van der Waals surface area contributed by atoms with E-state index < -0.39 is 0 Å². The Labute approximate surface area is 154 Å². The van der Waals surface area contributed by atoms with E-state index in [4.69, 9.17) is 11.6 Å². The molecule has 0 saturated carbocycles. The molecule has 1 aliphatic heterocycles. The number of aromatic nitrogens is 2. The molecule has 0 bridgehead atoms. The second-order valence-corrected chi connectivity index (χ2v) is 7.15. The molecular weight excluding hydrogens is 336 g/mol. The second-order valence-electron chi connectivity index (χ2n) is 6.72. The molecule has 0 atom stereocenters. The van der Waals surface area contributed by atoms with Gasteiger partial charge < -0.3 is 4.90 Å². The van der Waals surface area contributed by atoms with Crippen LogP contribution in [0.1, 0.15) is 33.7 Å². The zero-order valence-electron chi connectivity index (χ0n) is 15.1. The van der Waals surface area contributed by atoms with Crippen LogP contribution in [0.4, 0.5) is 0 Å². The van der Waals surface area contributed by atoms with E-state index in [1.165, 1.54) is 5.56 Å². The maximum absolute atomic E-state index is 12.9. The maximum atomic E-state index is 12.9. The Morgan fingerprint density at radius 2 is 1.84 bits per heavy atom. The van der Waals surface area contributed by atoms with E-state index in [2.05, 4.69) is 22.1 Å². The van der Waals surface area contributed by atoms with Crippen LogP contribution in [0, 0.1) is 13.8 Å². The van der Waals surface area contributed by atoms with Gasteiger partial charge in [-0.25, -0.2) is 0 Å². The highest BCUT2D eigenvalue weighted by atomic mass is 35.5. The van der Waals surface area contributed by atoms with E-state index in [1.807, 2.05) is 37.9 Å². The molecule has 0 spiro atoms. The Bertz CT molecular complexity index is 754. The van der Waals surface area contributed by atoms with Crippen LogP contribution in [0.25, 0.3) is 0 Å². The zero-order valence-corrected chi connectivity index (χ0v) is 15.9. The molecule has 1 aliphatic rings. The molecule has 5 nitrogen and oxygen atoms in total. The number of benzene rings is 1. The number of nitrogens with zero attached hydrogens (tertiary/aromatic N) is 4. The number of carbonyl (C=O) groups excluding carboxylic acids is 1. The molecule has 2 aromatic rings. The van der Waals surface area contributed by atoms with Gasteiger partial charge in [-0.3, -0.25) is 14.4 Å². The summed E-state index contributed by atoms with van der Waals surface area (Å²) < 4.78 is 1.78. The number of halogens is 1. The smallest absolute Gasteiger partial charge is 0.257 e. The van der Waals surface area contributed by atoms with Gasteiger partial charge in [0, 0.05) is 50.5 Å². The molecule has 1 saturated heterocycles. The van der Waals surface area contributed by atoms with Crippen molar-refractivity contribution in [2.24, 2.45) is 7.05 Å². The molecule has 25 heavy (non-hydrogen) atoms. The predicted octanol–water partition coefficient (Wildman–Crippen LogP) is 3.04. The third-order valence-electron chi connectivity index (χ3n) is 4.92. The van der Waals surface area contributed by atoms with Crippen molar-refractivity contribution in [3.63, 3.8) is 0 Å². The fraction of sp³-hybridized carbons (Fsp3) is 0.474. The maximum Gasteiger partial charge on any atom is 0.257 e. The monoisotopic (exact) mass is 360 g/mol. The molecule has 6 heteroatoms. The topological polar surface area (TPSA) is 41.4 Å². The third kappa shape index (κ3) is 4.05. The summed E-state index contributed by atoms with van der Waals surface area (Å²) in [5, 5.41) is 5.14. The first-order chi connectivity index (χ1) is 12.0. The molecule has 1 amide bonds. The molecule has 0 aliphatic carbocycles. The van der Waals surface area contributed by atoms with Crippen LogP contribution in [0.15, 0.2) is 24.3 Å².